The Kier molecular flexibility index (Phi) is 6.15. The van der Waals surface area contributed by atoms with Gasteiger partial charge >= 0.3 is 5.97 Å². The van der Waals surface area contributed by atoms with Crippen LogP contribution in [0.25, 0.3) is 0 Å². The topological polar surface area (TPSA) is 38.8 Å². The van der Waals surface area contributed by atoms with Crippen molar-refractivity contribution in [2.45, 2.75) is 11.4 Å². The minimum atomic E-state index is -0.317. The average Bonchev–Trinajstić information content (AvgIpc) is 2.38. The molecule has 0 fully saturated rings. The van der Waals surface area contributed by atoms with Gasteiger partial charge in [0, 0.05) is 18.7 Å². The Morgan fingerprint density at radius 3 is 2.67 bits per heavy atom. The summed E-state index contributed by atoms with van der Waals surface area (Å²) in [7, 11) is 4.99. The van der Waals surface area contributed by atoms with E-state index >= 15 is 0 Å². The second-order valence-corrected chi connectivity index (χ2v) is 5.10. The van der Waals surface area contributed by atoms with Crippen LogP contribution in [-0.2, 0) is 16.1 Å². The first-order chi connectivity index (χ1) is 8.58. The standard InChI is InChI=1S/C13H18BrNO3/c1-15(9-11(14)13(16)18-3)8-10-6-4-5-7-12(10)17-2/h4-7,11H,8-9H2,1-3H3. The number of nitrogens with zero attached hydrogens (tertiary/aromatic N) is 1. The summed E-state index contributed by atoms with van der Waals surface area (Å²) in [6, 6.07) is 7.84. The third-order valence-electron chi connectivity index (χ3n) is 2.56. The van der Waals surface area contributed by atoms with E-state index < -0.39 is 0 Å². The van der Waals surface area contributed by atoms with Gasteiger partial charge < -0.3 is 14.4 Å². The first-order valence-corrected chi connectivity index (χ1v) is 6.52. The molecule has 1 aromatic carbocycles. The molecule has 0 N–H and O–H groups in total. The lowest BCUT2D eigenvalue weighted by atomic mass is 10.2. The third-order valence-corrected chi connectivity index (χ3v) is 3.23. The molecule has 4 nitrogen and oxygen atoms in total. The molecule has 0 spiro atoms. The van der Waals surface area contributed by atoms with Crippen molar-refractivity contribution in [2.24, 2.45) is 0 Å². The van der Waals surface area contributed by atoms with Gasteiger partial charge in [-0.3, -0.25) is 4.79 Å². The molecule has 0 bridgehead atoms. The minimum Gasteiger partial charge on any atom is -0.496 e. The summed E-state index contributed by atoms with van der Waals surface area (Å²) in [6.45, 7) is 1.29. The van der Waals surface area contributed by atoms with Crippen LogP contribution >= 0.6 is 15.9 Å². The van der Waals surface area contributed by atoms with Gasteiger partial charge in [0.2, 0.25) is 0 Å². The predicted molar refractivity (Wildman–Crippen MR) is 74.1 cm³/mol. The number of para-hydroxylation sites is 1. The van der Waals surface area contributed by atoms with Crippen molar-refractivity contribution in [1.29, 1.82) is 0 Å². The van der Waals surface area contributed by atoms with E-state index in [9.17, 15) is 4.79 Å². The highest BCUT2D eigenvalue weighted by molar-refractivity contribution is 9.10. The lowest BCUT2D eigenvalue weighted by Crippen LogP contribution is -2.31. The molecule has 1 unspecified atom stereocenters. The molecule has 1 atom stereocenters. The zero-order valence-electron chi connectivity index (χ0n) is 10.9. The maximum atomic E-state index is 11.3. The fourth-order valence-electron chi connectivity index (χ4n) is 1.66. The number of esters is 1. The number of carbonyl (C=O) groups is 1. The lowest BCUT2D eigenvalue weighted by Gasteiger charge is -2.20. The Morgan fingerprint density at radius 2 is 2.06 bits per heavy atom. The Hall–Kier alpha value is -1.07. The van der Waals surface area contributed by atoms with Crippen LogP contribution < -0.4 is 4.74 Å². The average molecular weight is 316 g/mol. The largest absolute Gasteiger partial charge is 0.496 e. The van der Waals surface area contributed by atoms with Crippen molar-refractivity contribution < 1.29 is 14.3 Å². The molecule has 0 saturated carbocycles. The van der Waals surface area contributed by atoms with Gasteiger partial charge in [0.1, 0.15) is 10.6 Å². The van der Waals surface area contributed by atoms with E-state index in [0.717, 1.165) is 11.3 Å². The van der Waals surface area contributed by atoms with Crippen LogP contribution in [0.4, 0.5) is 0 Å². The van der Waals surface area contributed by atoms with Crippen molar-refractivity contribution in [3.63, 3.8) is 0 Å². The summed E-state index contributed by atoms with van der Waals surface area (Å²) in [4.78, 5) is 13.0. The van der Waals surface area contributed by atoms with Gasteiger partial charge in [-0.1, -0.05) is 34.1 Å². The molecule has 0 amide bonds. The Morgan fingerprint density at radius 1 is 1.39 bits per heavy atom. The van der Waals surface area contributed by atoms with Gasteiger partial charge in [0.15, 0.2) is 0 Å². The molecular weight excluding hydrogens is 298 g/mol. The molecule has 0 aliphatic rings. The maximum Gasteiger partial charge on any atom is 0.320 e. The van der Waals surface area contributed by atoms with Crippen molar-refractivity contribution in [1.82, 2.24) is 4.90 Å². The van der Waals surface area contributed by atoms with Crippen molar-refractivity contribution in [2.75, 3.05) is 27.8 Å². The molecule has 0 heterocycles. The van der Waals surface area contributed by atoms with E-state index in [1.165, 1.54) is 7.11 Å². The van der Waals surface area contributed by atoms with Crippen LogP contribution in [0, 0.1) is 0 Å². The smallest absolute Gasteiger partial charge is 0.320 e. The summed E-state index contributed by atoms with van der Waals surface area (Å²) < 4.78 is 9.96. The Balaban J connectivity index is 2.59. The van der Waals surface area contributed by atoms with E-state index in [-0.39, 0.29) is 10.8 Å². The highest BCUT2D eigenvalue weighted by atomic mass is 79.9. The van der Waals surface area contributed by atoms with Crippen LogP contribution in [0.1, 0.15) is 5.56 Å². The summed E-state index contributed by atoms with van der Waals surface area (Å²) in [5.74, 6) is 0.593. The summed E-state index contributed by atoms with van der Waals surface area (Å²) in [5.41, 5.74) is 1.09. The fourth-order valence-corrected chi connectivity index (χ4v) is 2.35. The van der Waals surface area contributed by atoms with E-state index in [1.807, 2.05) is 36.2 Å². The van der Waals surface area contributed by atoms with Gasteiger partial charge in [-0.05, 0) is 13.1 Å². The number of alkyl halides is 1. The van der Waals surface area contributed by atoms with Crippen LogP contribution in [0.15, 0.2) is 24.3 Å². The molecule has 5 heteroatoms. The zero-order valence-corrected chi connectivity index (χ0v) is 12.4. The molecule has 0 saturated heterocycles. The Labute approximate surface area is 116 Å². The van der Waals surface area contributed by atoms with E-state index in [2.05, 4.69) is 20.7 Å². The molecule has 0 radical (unpaired) electrons. The fraction of sp³-hybridized carbons (Fsp3) is 0.462. The van der Waals surface area contributed by atoms with E-state index in [0.29, 0.717) is 13.1 Å². The highest BCUT2D eigenvalue weighted by Crippen LogP contribution is 2.19. The van der Waals surface area contributed by atoms with Crippen LogP contribution in [-0.4, -0.2) is 43.5 Å². The first-order valence-electron chi connectivity index (χ1n) is 5.60. The van der Waals surface area contributed by atoms with Gasteiger partial charge in [0.05, 0.1) is 14.2 Å². The number of ether oxygens (including phenoxy) is 2. The number of rotatable bonds is 6. The quantitative estimate of drug-likeness (QED) is 0.595. The molecular formula is C13H18BrNO3. The molecule has 18 heavy (non-hydrogen) atoms. The van der Waals surface area contributed by atoms with Gasteiger partial charge in [-0.25, -0.2) is 0 Å². The van der Waals surface area contributed by atoms with Crippen LogP contribution in [0.2, 0.25) is 0 Å². The van der Waals surface area contributed by atoms with Crippen LogP contribution in [0.3, 0.4) is 0 Å². The number of hydrogen-bond acceptors (Lipinski definition) is 4. The molecule has 1 aromatic rings. The number of hydrogen-bond donors (Lipinski definition) is 0. The first kappa shape index (κ1) is 15.0. The Bertz CT molecular complexity index is 398. The third kappa shape index (κ3) is 4.31. The van der Waals surface area contributed by atoms with Crippen LogP contribution in [0.5, 0.6) is 5.75 Å². The number of benzene rings is 1. The molecule has 1 rings (SSSR count). The molecule has 0 aromatic heterocycles. The number of halogens is 1. The van der Waals surface area contributed by atoms with Gasteiger partial charge in [-0.15, -0.1) is 0 Å². The second-order valence-electron chi connectivity index (χ2n) is 4.00. The van der Waals surface area contributed by atoms with E-state index in [1.54, 1.807) is 7.11 Å². The molecule has 0 aliphatic carbocycles. The summed E-state index contributed by atoms with van der Waals surface area (Å²) >= 11 is 3.31. The number of carbonyl (C=O) groups excluding carboxylic acids is 1. The predicted octanol–water partition coefficient (Wildman–Crippen LogP) is 2.06. The lowest BCUT2D eigenvalue weighted by molar-refractivity contribution is -0.140. The normalized spacial score (nSPS) is 12.3. The SMILES string of the molecule is COC(=O)C(Br)CN(C)Cc1ccccc1OC. The molecule has 0 aliphatic heterocycles. The minimum absolute atomic E-state index is 0.262. The van der Waals surface area contributed by atoms with Gasteiger partial charge in [0.25, 0.3) is 0 Å². The zero-order chi connectivity index (χ0) is 13.5. The van der Waals surface area contributed by atoms with Gasteiger partial charge in [-0.2, -0.15) is 0 Å². The monoisotopic (exact) mass is 315 g/mol. The van der Waals surface area contributed by atoms with E-state index in [4.69, 9.17) is 4.74 Å². The van der Waals surface area contributed by atoms with Crippen molar-refractivity contribution in [3.8, 4) is 5.75 Å². The van der Waals surface area contributed by atoms with Crippen molar-refractivity contribution >= 4 is 21.9 Å². The summed E-state index contributed by atoms with van der Waals surface area (Å²) in [5, 5.41) is 0. The number of methoxy groups -OCH3 is 2. The van der Waals surface area contributed by atoms with Crippen molar-refractivity contribution in [3.05, 3.63) is 29.8 Å². The molecule has 100 valence electrons. The maximum absolute atomic E-state index is 11.3. The summed E-state index contributed by atoms with van der Waals surface area (Å²) in [6.07, 6.45) is 0. The second kappa shape index (κ2) is 7.38. The highest BCUT2D eigenvalue weighted by Gasteiger charge is 2.17.